The molecule has 3 aromatic carbocycles. The van der Waals surface area contributed by atoms with E-state index in [2.05, 4.69) is 10.6 Å². The summed E-state index contributed by atoms with van der Waals surface area (Å²) in [5.74, 6) is -0.966. The molecule has 8 heteroatoms. The fourth-order valence-electron chi connectivity index (χ4n) is 3.60. The van der Waals surface area contributed by atoms with Crippen molar-refractivity contribution >= 4 is 33.2 Å². The molecule has 3 aromatic rings. The van der Waals surface area contributed by atoms with Crippen molar-refractivity contribution in [3.8, 4) is 0 Å². The molecule has 1 aliphatic rings. The van der Waals surface area contributed by atoms with Crippen molar-refractivity contribution in [1.82, 2.24) is 5.32 Å². The fourth-order valence-corrected chi connectivity index (χ4v) is 5.23. The highest BCUT2D eigenvalue weighted by molar-refractivity contribution is 7.93. The van der Waals surface area contributed by atoms with Gasteiger partial charge in [0.2, 0.25) is 11.8 Å². The molecule has 1 atom stereocenters. The molecule has 0 radical (unpaired) electrons. The van der Waals surface area contributed by atoms with Crippen LogP contribution in [-0.2, 0) is 26.2 Å². The summed E-state index contributed by atoms with van der Waals surface area (Å²) in [5, 5.41) is 5.50. The first-order chi connectivity index (χ1) is 15.4. The largest absolute Gasteiger partial charge is 0.352 e. The summed E-state index contributed by atoms with van der Waals surface area (Å²) < 4.78 is 28.2. The maximum Gasteiger partial charge on any atom is 0.265 e. The molecule has 0 fully saturated rings. The summed E-state index contributed by atoms with van der Waals surface area (Å²) in [5.41, 5.74) is 2.53. The third-order valence-electron chi connectivity index (χ3n) is 5.27. The van der Waals surface area contributed by atoms with Crippen molar-refractivity contribution in [1.29, 1.82) is 0 Å². The molecule has 4 rings (SSSR count). The Balaban J connectivity index is 1.65. The quantitative estimate of drug-likeness (QED) is 0.604. The standard InChI is InChI=1S/C24H23N3O4S/c1-17-11-13-19(14-12-17)32(30,31)27-21-10-6-5-9-20(21)26-24(29)22(27)15-23(28)25-16-18-7-3-2-4-8-18/h2-14,22H,15-16H2,1H3,(H,25,28)(H,26,29)/t22-/m0/s1. The van der Waals surface area contributed by atoms with Crippen molar-refractivity contribution in [3.63, 3.8) is 0 Å². The summed E-state index contributed by atoms with van der Waals surface area (Å²) >= 11 is 0. The van der Waals surface area contributed by atoms with Crippen LogP contribution in [0, 0.1) is 6.92 Å². The maximum atomic E-state index is 13.6. The Kier molecular flexibility index (Phi) is 5.96. The van der Waals surface area contributed by atoms with Gasteiger partial charge in [-0.1, -0.05) is 60.2 Å². The monoisotopic (exact) mass is 449 g/mol. The molecule has 0 saturated heterocycles. The summed E-state index contributed by atoms with van der Waals surface area (Å²) in [6.07, 6.45) is -0.307. The van der Waals surface area contributed by atoms with E-state index in [1.54, 1.807) is 36.4 Å². The minimum Gasteiger partial charge on any atom is -0.352 e. The Morgan fingerprint density at radius 2 is 1.62 bits per heavy atom. The number of para-hydroxylation sites is 2. The summed E-state index contributed by atoms with van der Waals surface area (Å²) in [6, 6.07) is 21.2. The van der Waals surface area contributed by atoms with E-state index in [1.807, 2.05) is 37.3 Å². The van der Waals surface area contributed by atoms with E-state index < -0.39 is 27.9 Å². The Morgan fingerprint density at radius 1 is 0.969 bits per heavy atom. The van der Waals surface area contributed by atoms with E-state index in [9.17, 15) is 18.0 Å². The van der Waals surface area contributed by atoms with Gasteiger partial charge >= 0.3 is 0 Å². The lowest BCUT2D eigenvalue weighted by molar-refractivity contribution is -0.125. The van der Waals surface area contributed by atoms with E-state index in [1.165, 1.54) is 12.1 Å². The number of carbonyl (C=O) groups excluding carboxylic acids is 2. The molecule has 1 heterocycles. The number of rotatable bonds is 6. The van der Waals surface area contributed by atoms with Gasteiger partial charge in [0.1, 0.15) is 6.04 Å². The Bertz CT molecular complexity index is 1240. The predicted molar refractivity (Wildman–Crippen MR) is 123 cm³/mol. The van der Waals surface area contributed by atoms with Crippen LogP contribution >= 0.6 is 0 Å². The average Bonchev–Trinajstić information content (AvgIpc) is 2.79. The zero-order valence-electron chi connectivity index (χ0n) is 17.5. The number of amides is 2. The molecule has 0 saturated carbocycles. The lowest BCUT2D eigenvalue weighted by atomic mass is 10.1. The van der Waals surface area contributed by atoms with Crippen LogP contribution in [0.5, 0.6) is 0 Å². The Labute approximate surface area is 187 Å². The molecule has 0 spiro atoms. The van der Waals surface area contributed by atoms with Crippen LogP contribution in [0.1, 0.15) is 17.5 Å². The van der Waals surface area contributed by atoms with Crippen LogP contribution in [0.2, 0.25) is 0 Å². The second-order valence-corrected chi connectivity index (χ2v) is 9.42. The van der Waals surface area contributed by atoms with Gasteiger partial charge in [-0.2, -0.15) is 0 Å². The highest BCUT2D eigenvalue weighted by Crippen LogP contribution is 2.37. The summed E-state index contributed by atoms with van der Waals surface area (Å²) in [6.45, 7) is 2.15. The molecule has 0 bridgehead atoms. The van der Waals surface area contributed by atoms with Crippen LogP contribution in [0.25, 0.3) is 0 Å². The number of hydrogen-bond acceptors (Lipinski definition) is 4. The van der Waals surface area contributed by atoms with Gasteiger partial charge in [-0.05, 0) is 36.8 Å². The third-order valence-corrected chi connectivity index (χ3v) is 7.11. The predicted octanol–water partition coefficient (Wildman–Crippen LogP) is 3.22. The third kappa shape index (κ3) is 4.36. The number of nitrogens with one attached hydrogen (secondary N) is 2. The highest BCUT2D eigenvalue weighted by atomic mass is 32.2. The van der Waals surface area contributed by atoms with Gasteiger partial charge in [-0.25, -0.2) is 8.42 Å². The molecule has 7 nitrogen and oxygen atoms in total. The van der Waals surface area contributed by atoms with Crippen LogP contribution in [0.3, 0.4) is 0 Å². The lowest BCUT2D eigenvalue weighted by Crippen LogP contribution is -2.52. The number of sulfonamides is 1. The number of nitrogens with zero attached hydrogens (tertiary/aromatic N) is 1. The first-order valence-electron chi connectivity index (χ1n) is 10.2. The zero-order valence-corrected chi connectivity index (χ0v) is 18.3. The van der Waals surface area contributed by atoms with Crippen molar-refractivity contribution in [3.05, 3.63) is 90.0 Å². The molecule has 2 amide bonds. The van der Waals surface area contributed by atoms with Crippen LogP contribution in [0.4, 0.5) is 11.4 Å². The average molecular weight is 450 g/mol. The first kappa shape index (κ1) is 21.6. The van der Waals surface area contributed by atoms with E-state index in [0.29, 0.717) is 11.4 Å². The second kappa shape index (κ2) is 8.84. The van der Waals surface area contributed by atoms with Crippen LogP contribution in [-0.4, -0.2) is 26.3 Å². The minimum atomic E-state index is -4.09. The van der Waals surface area contributed by atoms with Gasteiger partial charge in [0.25, 0.3) is 10.0 Å². The van der Waals surface area contributed by atoms with E-state index >= 15 is 0 Å². The molecular formula is C24H23N3O4S. The fraction of sp³-hybridized carbons (Fsp3) is 0.167. The number of aryl methyl sites for hydroxylation is 1. The minimum absolute atomic E-state index is 0.0577. The number of carbonyl (C=O) groups is 2. The van der Waals surface area contributed by atoms with Crippen molar-refractivity contribution in [2.45, 2.75) is 30.8 Å². The normalized spacial score (nSPS) is 15.6. The van der Waals surface area contributed by atoms with Gasteiger partial charge < -0.3 is 10.6 Å². The highest BCUT2D eigenvalue weighted by Gasteiger charge is 2.41. The first-order valence-corrected chi connectivity index (χ1v) is 11.6. The zero-order chi connectivity index (χ0) is 22.7. The Hall–Kier alpha value is -3.65. The molecule has 0 aliphatic carbocycles. The SMILES string of the molecule is Cc1ccc(S(=O)(=O)N2c3ccccc3NC(=O)[C@@H]2CC(=O)NCc2ccccc2)cc1. The van der Waals surface area contributed by atoms with E-state index in [4.69, 9.17) is 0 Å². The van der Waals surface area contributed by atoms with E-state index in [-0.39, 0.29) is 17.9 Å². The van der Waals surface area contributed by atoms with Crippen LogP contribution < -0.4 is 14.9 Å². The smallest absolute Gasteiger partial charge is 0.265 e. The second-order valence-electron chi connectivity index (χ2n) is 7.60. The van der Waals surface area contributed by atoms with Gasteiger partial charge in [0, 0.05) is 6.54 Å². The Morgan fingerprint density at radius 3 is 2.34 bits per heavy atom. The van der Waals surface area contributed by atoms with Gasteiger partial charge in [-0.15, -0.1) is 0 Å². The molecular weight excluding hydrogens is 426 g/mol. The number of fused-ring (bicyclic) bond motifs is 1. The maximum absolute atomic E-state index is 13.6. The van der Waals surface area contributed by atoms with Gasteiger partial charge in [0.05, 0.1) is 22.7 Å². The molecule has 0 unspecified atom stereocenters. The van der Waals surface area contributed by atoms with Crippen molar-refractivity contribution < 1.29 is 18.0 Å². The lowest BCUT2D eigenvalue weighted by Gasteiger charge is -2.36. The molecule has 0 aromatic heterocycles. The number of benzene rings is 3. The topological polar surface area (TPSA) is 95.6 Å². The summed E-state index contributed by atoms with van der Waals surface area (Å²) in [4.78, 5) is 25.7. The molecule has 164 valence electrons. The molecule has 2 N–H and O–H groups in total. The van der Waals surface area contributed by atoms with Gasteiger partial charge in [-0.3, -0.25) is 13.9 Å². The van der Waals surface area contributed by atoms with Crippen molar-refractivity contribution in [2.24, 2.45) is 0 Å². The van der Waals surface area contributed by atoms with Gasteiger partial charge in [0.15, 0.2) is 0 Å². The summed E-state index contributed by atoms with van der Waals surface area (Å²) in [7, 11) is -4.09. The molecule has 32 heavy (non-hydrogen) atoms. The number of hydrogen-bond donors (Lipinski definition) is 2. The van der Waals surface area contributed by atoms with E-state index in [0.717, 1.165) is 15.4 Å². The van der Waals surface area contributed by atoms with Crippen LogP contribution in [0.15, 0.2) is 83.8 Å². The van der Waals surface area contributed by atoms with Crippen molar-refractivity contribution in [2.75, 3.05) is 9.62 Å². The number of anilines is 2. The molecule has 1 aliphatic heterocycles.